The first-order chi connectivity index (χ1) is 13.1. The average Bonchev–Trinajstić information content (AvgIpc) is 2.67. The molecule has 0 spiro atoms. The van der Waals surface area contributed by atoms with Crippen molar-refractivity contribution in [2.45, 2.75) is 104 Å². The molecule has 0 fully saturated rings. The Kier molecular flexibility index (Phi) is 18.5. The molecule has 0 aromatic rings. The Balaban J connectivity index is 3.57. The molecule has 0 aromatic heterocycles. The standard InChI is InChI=1S/C23H42O4/c1-4-7-9-10-11-12-13-14-19-26-22(24)17-15-18-23(25)27-20-21(6-3)16-8-5-2/h11-12,21H,4-10,13-20H2,1-3H3/b12-11+. The van der Waals surface area contributed by atoms with Gasteiger partial charge in [0.05, 0.1) is 13.2 Å². The number of unbranched alkanes of at least 4 members (excludes halogenated alkanes) is 5. The van der Waals surface area contributed by atoms with E-state index in [1.165, 1.54) is 32.1 Å². The molecule has 158 valence electrons. The smallest absolute Gasteiger partial charge is 0.305 e. The maximum absolute atomic E-state index is 11.8. The second kappa shape index (κ2) is 19.4. The van der Waals surface area contributed by atoms with Crippen molar-refractivity contribution in [2.24, 2.45) is 5.92 Å². The summed E-state index contributed by atoms with van der Waals surface area (Å²) in [5, 5.41) is 0. The minimum atomic E-state index is -0.218. The molecule has 1 unspecified atom stereocenters. The Morgan fingerprint density at radius 3 is 2.04 bits per heavy atom. The largest absolute Gasteiger partial charge is 0.466 e. The molecular formula is C23H42O4. The third-order valence-electron chi connectivity index (χ3n) is 4.70. The first-order valence-electron chi connectivity index (χ1n) is 11.1. The number of carbonyl (C=O) groups is 2. The predicted octanol–water partition coefficient (Wildman–Crippen LogP) is 6.38. The van der Waals surface area contributed by atoms with Gasteiger partial charge in [0.1, 0.15) is 0 Å². The van der Waals surface area contributed by atoms with Gasteiger partial charge in [-0.3, -0.25) is 9.59 Å². The molecular weight excluding hydrogens is 340 g/mol. The summed E-state index contributed by atoms with van der Waals surface area (Å²) in [4.78, 5) is 23.4. The van der Waals surface area contributed by atoms with E-state index in [0.29, 0.717) is 32.0 Å². The van der Waals surface area contributed by atoms with Crippen molar-refractivity contribution in [2.75, 3.05) is 13.2 Å². The molecule has 0 radical (unpaired) electrons. The van der Waals surface area contributed by atoms with E-state index in [1.54, 1.807) is 0 Å². The van der Waals surface area contributed by atoms with Gasteiger partial charge in [0, 0.05) is 12.8 Å². The number of carbonyl (C=O) groups excluding carboxylic acids is 2. The van der Waals surface area contributed by atoms with Gasteiger partial charge >= 0.3 is 11.9 Å². The van der Waals surface area contributed by atoms with E-state index in [1.807, 2.05) is 0 Å². The minimum Gasteiger partial charge on any atom is -0.466 e. The molecule has 4 heteroatoms. The maximum Gasteiger partial charge on any atom is 0.305 e. The number of rotatable bonds is 18. The van der Waals surface area contributed by atoms with Crippen molar-refractivity contribution in [3.05, 3.63) is 12.2 Å². The second-order valence-corrected chi connectivity index (χ2v) is 7.28. The van der Waals surface area contributed by atoms with Crippen molar-refractivity contribution >= 4 is 11.9 Å². The Hall–Kier alpha value is -1.32. The molecule has 0 N–H and O–H groups in total. The van der Waals surface area contributed by atoms with Crippen molar-refractivity contribution in [3.8, 4) is 0 Å². The lowest BCUT2D eigenvalue weighted by Gasteiger charge is -2.14. The first-order valence-corrected chi connectivity index (χ1v) is 11.1. The van der Waals surface area contributed by atoms with Crippen LogP contribution in [-0.2, 0) is 19.1 Å². The van der Waals surface area contributed by atoms with Crippen molar-refractivity contribution in [1.82, 2.24) is 0 Å². The van der Waals surface area contributed by atoms with Gasteiger partial charge in [-0.1, -0.05) is 65.0 Å². The SMILES string of the molecule is CCCCC/C=C/CCCOC(=O)CCCC(=O)OCC(CC)CCCC. The summed E-state index contributed by atoms with van der Waals surface area (Å²) in [6.45, 7) is 7.47. The molecule has 0 rings (SSSR count). The fourth-order valence-corrected chi connectivity index (χ4v) is 2.77. The quantitative estimate of drug-likeness (QED) is 0.157. The van der Waals surface area contributed by atoms with E-state index in [9.17, 15) is 9.59 Å². The Morgan fingerprint density at radius 2 is 1.41 bits per heavy atom. The highest BCUT2D eigenvalue weighted by atomic mass is 16.5. The average molecular weight is 383 g/mol. The normalized spacial score (nSPS) is 12.3. The summed E-state index contributed by atoms with van der Waals surface area (Å²) in [5.41, 5.74) is 0. The highest BCUT2D eigenvalue weighted by molar-refractivity contribution is 5.72. The van der Waals surface area contributed by atoms with Gasteiger partial charge in [-0.25, -0.2) is 0 Å². The van der Waals surface area contributed by atoms with Gasteiger partial charge in [0.2, 0.25) is 0 Å². The van der Waals surface area contributed by atoms with E-state index in [2.05, 4.69) is 32.9 Å². The highest BCUT2D eigenvalue weighted by Gasteiger charge is 2.11. The van der Waals surface area contributed by atoms with Crippen LogP contribution < -0.4 is 0 Å². The zero-order valence-electron chi connectivity index (χ0n) is 18.0. The highest BCUT2D eigenvalue weighted by Crippen LogP contribution is 2.13. The molecule has 0 aliphatic rings. The van der Waals surface area contributed by atoms with Gasteiger partial charge in [0.25, 0.3) is 0 Å². The number of esters is 2. The summed E-state index contributed by atoms with van der Waals surface area (Å²) in [5.74, 6) is 0.0367. The lowest BCUT2D eigenvalue weighted by molar-refractivity contribution is -0.146. The zero-order valence-corrected chi connectivity index (χ0v) is 18.0. The van der Waals surface area contributed by atoms with Crippen LogP contribution in [0.15, 0.2) is 12.2 Å². The molecule has 27 heavy (non-hydrogen) atoms. The lowest BCUT2D eigenvalue weighted by Crippen LogP contribution is -2.14. The number of hydrogen-bond acceptors (Lipinski definition) is 4. The van der Waals surface area contributed by atoms with Crippen LogP contribution in [-0.4, -0.2) is 25.2 Å². The topological polar surface area (TPSA) is 52.6 Å². The Labute approximate surface area is 167 Å². The number of ether oxygens (including phenoxy) is 2. The Bertz CT molecular complexity index is 390. The molecule has 0 amide bonds. The van der Waals surface area contributed by atoms with Gasteiger partial charge in [0.15, 0.2) is 0 Å². The second-order valence-electron chi connectivity index (χ2n) is 7.28. The molecule has 0 aliphatic heterocycles. The van der Waals surface area contributed by atoms with Crippen molar-refractivity contribution in [1.29, 1.82) is 0 Å². The third kappa shape index (κ3) is 17.8. The van der Waals surface area contributed by atoms with Crippen molar-refractivity contribution < 1.29 is 19.1 Å². The molecule has 0 saturated heterocycles. The van der Waals surface area contributed by atoms with Gasteiger partial charge in [-0.15, -0.1) is 0 Å². The fourth-order valence-electron chi connectivity index (χ4n) is 2.77. The van der Waals surface area contributed by atoms with Crippen LogP contribution in [0.4, 0.5) is 0 Å². The van der Waals surface area contributed by atoms with Crippen LogP contribution in [0, 0.1) is 5.92 Å². The molecule has 0 heterocycles. The van der Waals surface area contributed by atoms with E-state index >= 15 is 0 Å². The van der Waals surface area contributed by atoms with Crippen LogP contribution in [0.5, 0.6) is 0 Å². The van der Waals surface area contributed by atoms with E-state index in [-0.39, 0.29) is 18.4 Å². The van der Waals surface area contributed by atoms with Gasteiger partial charge < -0.3 is 9.47 Å². The minimum absolute atomic E-state index is 0.203. The van der Waals surface area contributed by atoms with Crippen LogP contribution in [0.1, 0.15) is 104 Å². The number of allylic oxidation sites excluding steroid dienone is 2. The van der Waals surface area contributed by atoms with Crippen LogP contribution in [0.25, 0.3) is 0 Å². The third-order valence-corrected chi connectivity index (χ3v) is 4.70. The van der Waals surface area contributed by atoms with E-state index < -0.39 is 0 Å². The summed E-state index contributed by atoms with van der Waals surface area (Å²) in [6, 6.07) is 0. The molecule has 4 nitrogen and oxygen atoms in total. The summed E-state index contributed by atoms with van der Waals surface area (Å²) in [7, 11) is 0. The lowest BCUT2D eigenvalue weighted by atomic mass is 10.0. The summed E-state index contributed by atoms with van der Waals surface area (Å²) >= 11 is 0. The molecule has 0 bridgehead atoms. The predicted molar refractivity (Wildman–Crippen MR) is 112 cm³/mol. The first kappa shape index (κ1) is 25.7. The maximum atomic E-state index is 11.8. The van der Waals surface area contributed by atoms with E-state index in [4.69, 9.17) is 9.47 Å². The number of hydrogen-bond donors (Lipinski definition) is 0. The van der Waals surface area contributed by atoms with Crippen LogP contribution >= 0.6 is 0 Å². The van der Waals surface area contributed by atoms with Gasteiger partial charge in [-0.05, 0) is 44.4 Å². The Morgan fingerprint density at radius 1 is 0.778 bits per heavy atom. The molecule has 0 aromatic carbocycles. The van der Waals surface area contributed by atoms with Crippen LogP contribution in [0.2, 0.25) is 0 Å². The van der Waals surface area contributed by atoms with Gasteiger partial charge in [-0.2, -0.15) is 0 Å². The molecule has 0 aliphatic carbocycles. The molecule has 0 saturated carbocycles. The summed E-state index contributed by atoms with van der Waals surface area (Å²) in [6.07, 6.45) is 16.7. The van der Waals surface area contributed by atoms with Crippen molar-refractivity contribution in [3.63, 3.8) is 0 Å². The summed E-state index contributed by atoms with van der Waals surface area (Å²) < 4.78 is 10.5. The van der Waals surface area contributed by atoms with Crippen LogP contribution in [0.3, 0.4) is 0 Å². The fraction of sp³-hybridized carbons (Fsp3) is 0.826. The zero-order chi connectivity index (χ0) is 20.2. The monoisotopic (exact) mass is 382 g/mol. The van der Waals surface area contributed by atoms with E-state index in [0.717, 1.165) is 32.1 Å². The molecule has 1 atom stereocenters.